The Balaban J connectivity index is 1.70. The highest BCUT2D eigenvalue weighted by Crippen LogP contribution is 2.47. The summed E-state index contributed by atoms with van der Waals surface area (Å²) < 4.78 is 13.1. The minimum atomic E-state index is -0.858. The van der Waals surface area contributed by atoms with Crippen molar-refractivity contribution in [1.82, 2.24) is 9.47 Å². The van der Waals surface area contributed by atoms with Crippen molar-refractivity contribution in [3.63, 3.8) is 0 Å². The van der Waals surface area contributed by atoms with E-state index in [2.05, 4.69) is 0 Å². The van der Waals surface area contributed by atoms with Gasteiger partial charge in [0.05, 0.1) is 18.7 Å². The van der Waals surface area contributed by atoms with E-state index in [1.54, 1.807) is 16.6 Å². The average Bonchev–Trinajstić information content (AvgIpc) is 3.21. The second-order valence-electron chi connectivity index (χ2n) is 9.27. The minimum Gasteiger partial charge on any atom is -0.484 e. The van der Waals surface area contributed by atoms with Crippen LogP contribution in [0, 0.1) is 0 Å². The van der Waals surface area contributed by atoms with Gasteiger partial charge in [0, 0.05) is 25.2 Å². The Morgan fingerprint density at radius 3 is 2.68 bits per heavy atom. The summed E-state index contributed by atoms with van der Waals surface area (Å²) in [7, 11) is 1.61. The number of ether oxygens (including phenoxy) is 2. The van der Waals surface area contributed by atoms with E-state index < -0.39 is 16.9 Å². The van der Waals surface area contributed by atoms with Crippen LogP contribution in [0.1, 0.15) is 65.1 Å². The van der Waals surface area contributed by atoms with E-state index >= 15 is 0 Å². The molecule has 3 atom stereocenters. The van der Waals surface area contributed by atoms with E-state index in [4.69, 9.17) is 20.2 Å². The van der Waals surface area contributed by atoms with Crippen molar-refractivity contribution in [2.45, 2.75) is 56.8 Å². The molecular formula is C25H28N4O5. The van der Waals surface area contributed by atoms with Crippen LogP contribution in [0.15, 0.2) is 46.3 Å². The predicted octanol–water partition coefficient (Wildman–Crippen LogP) is 2.28. The standard InChI is InChI=1S/C25H28N4O5/c1-15-8-10-25(11-9-19(27-25)33-2)18-13-28(15)24(32)20-22(34-14-16-6-4-3-5-7-16)21(30)17(23(26)31)12-29(18)20/h3-7,12,15,18H,8-11,13-14H2,1-2H3,(H2,26,31)/t15-,18+,25-/m0/s1. The number of carbonyl (C=O) groups excluding carboxylic acids is 2. The molecule has 0 saturated carbocycles. The molecule has 0 radical (unpaired) electrons. The van der Waals surface area contributed by atoms with E-state index in [0.29, 0.717) is 18.9 Å². The van der Waals surface area contributed by atoms with Gasteiger partial charge in [-0.2, -0.15) is 0 Å². The number of primary amides is 1. The Kier molecular flexibility index (Phi) is 5.42. The van der Waals surface area contributed by atoms with Crippen molar-refractivity contribution >= 4 is 17.7 Å². The molecule has 9 heteroatoms. The van der Waals surface area contributed by atoms with Gasteiger partial charge in [-0.1, -0.05) is 30.3 Å². The van der Waals surface area contributed by atoms with Crippen LogP contribution in [0.3, 0.4) is 0 Å². The molecule has 2 bridgehead atoms. The van der Waals surface area contributed by atoms with Crippen LogP contribution in [-0.4, -0.2) is 52.4 Å². The number of hydrogen-bond acceptors (Lipinski definition) is 6. The fourth-order valence-corrected chi connectivity index (χ4v) is 5.44. The number of hydrogen-bond donors (Lipinski definition) is 1. The number of pyridine rings is 1. The first-order valence-corrected chi connectivity index (χ1v) is 11.5. The average molecular weight is 465 g/mol. The maximum Gasteiger partial charge on any atom is 0.274 e. The molecule has 2 N–H and O–H groups in total. The number of nitrogens with zero attached hydrogens (tertiary/aromatic N) is 3. The molecule has 1 aromatic heterocycles. The minimum absolute atomic E-state index is 0.0298. The molecule has 2 amide bonds. The number of aromatic nitrogens is 1. The third kappa shape index (κ3) is 3.46. The third-order valence-electron chi connectivity index (χ3n) is 7.35. The molecule has 178 valence electrons. The van der Waals surface area contributed by atoms with E-state index in [0.717, 1.165) is 24.8 Å². The summed E-state index contributed by atoms with van der Waals surface area (Å²) in [6.07, 6.45) is 4.41. The first kappa shape index (κ1) is 22.2. The monoisotopic (exact) mass is 464 g/mol. The van der Waals surface area contributed by atoms with E-state index in [-0.39, 0.29) is 41.6 Å². The van der Waals surface area contributed by atoms with Gasteiger partial charge in [-0.25, -0.2) is 4.99 Å². The Hall–Kier alpha value is -3.62. The lowest BCUT2D eigenvalue weighted by Gasteiger charge is -2.42. The van der Waals surface area contributed by atoms with Crippen molar-refractivity contribution < 1.29 is 19.1 Å². The maximum absolute atomic E-state index is 13.7. The highest BCUT2D eigenvalue weighted by atomic mass is 16.5. The smallest absolute Gasteiger partial charge is 0.274 e. The van der Waals surface area contributed by atoms with Gasteiger partial charge in [-0.05, 0) is 31.7 Å². The molecule has 4 heterocycles. The molecule has 5 rings (SSSR count). The van der Waals surface area contributed by atoms with Gasteiger partial charge in [0.2, 0.25) is 5.43 Å². The van der Waals surface area contributed by atoms with Crippen molar-refractivity contribution in [3.05, 3.63) is 63.6 Å². The van der Waals surface area contributed by atoms with E-state index in [1.807, 2.05) is 37.3 Å². The molecule has 1 aromatic carbocycles. The highest BCUT2D eigenvalue weighted by Gasteiger charge is 2.52. The van der Waals surface area contributed by atoms with Gasteiger partial charge >= 0.3 is 0 Å². The van der Waals surface area contributed by atoms with Crippen LogP contribution >= 0.6 is 0 Å². The molecule has 2 aromatic rings. The molecule has 9 nitrogen and oxygen atoms in total. The predicted molar refractivity (Wildman–Crippen MR) is 125 cm³/mol. The fraction of sp³-hybridized carbons (Fsp3) is 0.440. The Labute approximate surface area is 197 Å². The van der Waals surface area contributed by atoms with Gasteiger partial charge in [-0.3, -0.25) is 14.4 Å². The largest absolute Gasteiger partial charge is 0.484 e. The summed E-state index contributed by atoms with van der Waals surface area (Å²) in [6.45, 7) is 2.52. The molecule has 1 spiro atoms. The van der Waals surface area contributed by atoms with Gasteiger partial charge in [0.15, 0.2) is 17.3 Å². The second-order valence-corrected chi connectivity index (χ2v) is 9.27. The second kappa shape index (κ2) is 8.30. The Morgan fingerprint density at radius 2 is 2.00 bits per heavy atom. The summed E-state index contributed by atoms with van der Waals surface area (Å²) >= 11 is 0. The number of methoxy groups -OCH3 is 1. The van der Waals surface area contributed by atoms with Crippen molar-refractivity contribution in [1.29, 1.82) is 0 Å². The first-order chi connectivity index (χ1) is 16.3. The summed E-state index contributed by atoms with van der Waals surface area (Å²) in [5.74, 6) is -0.608. The zero-order chi connectivity index (χ0) is 24.0. The summed E-state index contributed by atoms with van der Waals surface area (Å²) in [5.41, 5.74) is 5.18. The molecule has 34 heavy (non-hydrogen) atoms. The maximum atomic E-state index is 13.7. The Morgan fingerprint density at radius 1 is 1.24 bits per heavy atom. The molecule has 0 aliphatic carbocycles. The van der Waals surface area contributed by atoms with Gasteiger partial charge in [0.25, 0.3) is 11.8 Å². The zero-order valence-corrected chi connectivity index (χ0v) is 19.3. The SMILES string of the molecule is COC1=N[C@]2(CC1)CC[C@H](C)N1C[C@H]2n2cc(C(N)=O)c(=O)c(OCc3ccccc3)c2C1=O. The number of rotatable bonds is 4. The molecule has 1 fully saturated rings. The number of amides is 2. The summed E-state index contributed by atoms with van der Waals surface area (Å²) in [4.78, 5) is 46.0. The van der Waals surface area contributed by atoms with Gasteiger partial charge < -0.3 is 24.7 Å². The lowest BCUT2D eigenvalue weighted by Crippen LogP contribution is -2.51. The highest BCUT2D eigenvalue weighted by molar-refractivity contribution is 5.99. The van der Waals surface area contributed by atoms with Crippen LogP contribution in [-0.2, 0) is 11.3 Å². The number of aliphatic imine (C=N–C) groups is 1. The van der Waals surface area contributed by atoms with Gasteiger partial charge in [-0.15, -0.1) is 0 Å². The van der Waals surface area contributed by atoms with Crippen LogP contribution in [0.5, 0.6) is 5.75 Å². The number of benzene rings is 1. The van der Waals surface area contributed by atoms with Crippen LogP contribution in [0.2, 0.25) is 0 Å². The van der Waals surface area contributed by atoms with Crippen LogP contribution in [0.25, 0.3) is 0 Å². The van der Waals surface area contributed by atoms with Crippen molar-refractivity contribution in [2.24, 2.45) is 10.7 Å². The fourth-order valence-electron chi connectivity index (χ4n) is 5.44. The lowest BCUT2D eigenvalue weighted by atomic mass is 9.83. The number of carbonyl (C=O) groups is 2. The quantitative estimate of drug-likeness (QED) is 0.745. The number of nitrogens with two attached hydrogens (primary N) is 1. The van der Waals surface area contributed by atoms with Crippen molar-refractivity contribution in [2.75, 3.05) is 13.7 Å². The van der Waals surface area contributed by atoms with Crippen LogP contribution in [0.4, 0.5) is 0 Å². The van der Waals surface area contributed by atoms with E-state index in [9.17, 15) is 14.4 Å². The topological polar surface area (TPSA) is 116 Å². The Bertz CT molecular complexity index is 1240. The lowest BCUT2D eigenvalue weighted by molar-refractivity contribution is 0.0575. The summed E-state index contributed by atoms with van der Waals surface area (Å²) in [5, 5.41) is 0. The summed E-state index contributed by atoms with van der Waals surface area (Å²) in [6, 6.07) is 9.03. The third-order valence-corrected chi connectivity index (χ3v) is 7.35. The normalized spacial score (nSPS) is 25.5. The van der Waals surface area contributed by atoms with E-state index in [1.165, 1.54) is 6.20 Å². The van der Waals surface area contributed by atoms with Gasteiger partial charge in [0.1, 0.15) is 12.2 Å². The molecule has 3 aliphatic rings. The molecule has 0 unspecified atom stereocenters. The zero-order valence-electron chi connectivity index (χ0n) is 19.3. The first-order valence-electron chi connectivity index (χ1n) is 11.5. The van der Waals surface area contributed by atoms with Crippen molar-refractivity contribution in [3.8, 4) is 5.75 Å². The molecule has 1 saturated heterocycles. The molecule has 3 aliphatic heterocycles. The van der Waals surface area contributed by atoms with Crippen LogP contribution < -0.4 is 15.9 Å². The molecular weight excluding hydrogens is 436 g/mol. The number of fused-ring (bicyclic) bond motifs is 5.